The van der Waals surface area contributed by atoms with E-state index in [2.05, 4.69) is 28.1 Å². The molecule has 2 aromatic rings. The molecular formula is C21H25N3O2. The van der Waals surface area contributed by atoms with Gasteiger partial charge >= 0.3 is 0 Å². The van der Waals surface area contributed by atoms with E-state index < -0.39 is 0 Å². The zero-order valence-corrected chi connectivity index (χ0v) is 15.2. The van der Waals surface area contributed by atoms with Crippen molar-refractivity contribution < 1.29 is 9.59 Å². The van der Waals surface area contributed by atoms with Crippen molar-refractivity contribution in [2.45, 2.75) is 39.3 Å². The first-order valence-electron chi connectivity index (χ1n) is 9.02. The highest BCUT2D eigenvalue weighted by atomic mass is 16.2. The molecule has 0 aliphatic carbocycles. The summed E-state index contributed by atoms with van der Waals surface area (Å²) in [4.78, 5) is 24.3. The van der Waals surface area contributed by atoms with Gasteiger partial charge in [0.2, 0.25) is 11.8 Å². The Morgan fingerprint density at radius 3 is 2.27 bits per heavy atom. The molecule has 0 aromatic heterocycles. The van der Waals surface area contributed by atoms with Crippen molar-refractivity contribution >= 4 is 23.2 Å². The van der Waals surface area contributed by atoms with Crippen LogP contribution in [-0.2, 0) is 22.6 Å². The average Bonchev–Trinajstić information content (AvgIpc) is 2.62. The van der Waals surface area contributed by atoms with Gasteiger partial charge in [-0.2, -0.15) is 0 Å². The third-order valence-corrected chi connectivity index (χ3v) is 4.43. The summed E-state index contributed by atoms with van der Waals surface area (Å²) in [6.07, 6.45) is 1.18. The van der Waals surface area contributed by atoms with Gasteiger partial charge in [0.15, 0.2) is 0 Å². The summed E-state index contributed by atoms with van der Waals surface area (Å²) in [7, 11) is 0. The summed E-state index contributed by atoms with van der Waals surface area (Å²) < 4.78 is 0. The number of hydrogen-bond acceptors (Lipinski definition) is 3. The maximum atomic E-state index is 12.5. The number of benzene rings is 2. The van der Waals surface area contributed by atoms with Crippen LogP contribution in [0.25, 0.3) is 0 Å². The van der Waals surface area contributed by atoms with Crippen LogP contribution in [-0.4, -0.2) is 17.9 Å². The molecule has 0 spiro atoms. The number of carbonyl (C=O) groups excluding carboxylic acids is 2. The molecule has 26 heavy (non-hydrogen) atoms. The highest BCUT2D eigenvalue weighted by molar-refractivity contribution is 5.96. The van der Waals surface area contributed by atoms with Crippen LogP contribution in [0.3, 0.4) is 0 Å². The van der Waals surface area contributed by atoms with Crippen molar-refractivity contribution in [1.29, 1.82) is 0 Å². The lowest BCUT2D eigenvalue weighted by atomic mass is 9.95. The maximum Gasteiger partial charge on any atom is 0.241 e. The Labute approximate surface area is 154 Å². The van der Waals surface area contributed by atoms with Gasteiger partial charge in [-0.25, -0.2) is 0 Å². The van der Waals surface area contributed by atoms with E-state index in [4.69, 9.17) is 0 Å². The molecule has 0 radical (unpaired) electrons. The fraction of sp³-hybridized carbons (Fsp3) is 0.333. The second kappa shape index (κ2) is 8.15. The summed E-state index contributed by atoms with van der Waals surface area (Å²) in [5.41, 5.74) is 3.92. The van der Waals surface area contributed by atoms with Crippen LogP contribution in [0.2, 0.25) is 0 Å². The van der Waals surface area contributed by atoms with E-state index in [1.807, 2.05) is 26.0 Å². The quantitative estimate of drug-likeness (QED) is 0.774. The lowest BCUT2D eigenvalue weighted by Crippen LogP contribution is -2.44. The van der Waals surface area contributed by atoms with Crippen LogP contribution in [0.1, 0.15) is 31.4 Å². The van der Waals surface area contributed by atoms with Crippen molar-refractivity contribution in [3.63, 3.8) is 0 Å². The van der Waals surface area contributed by atoms with Crippen LogP contribution >= 0.6 is 0 Å². The summed E-state index contributed by atoms with van der Waals surface area (Å²) in [6, 6.07) is 15.2. The second-order valence-electron chi connectivity index (χ2n) is 7.12. The minimum Gasteiger partial charge on any atom is -0.326 e. The topological polar surface area (TPSA) is 70.2 Å². The minimum atomic E-state index is -0.240. The summed E-state index contributed by atoms with van der Waals surface area (Å²) in [5.74, 6) is 0.277. The lowest BCUT2D eigenvalue weighted by molar-refractivity contribution is -0.118. The van der Waals surface area contributed by atoms with Gasteiger partial charge in [-0.05, 0) is 47.7 Å². The highest BCUT2D eigenvalue weighted by Crippen LogP contribution is 2.18. The molecule has 1 heterocycles. The van der Waals surface area contributed by atoms with E-state index in [1.165, 1.54) is 11.1 Å². The van der Waals surface area contributed by atoms with E-state index >= 15 is 0 Å². The van der Waals surface area contributed by atoms with Gasteiger partial charge in [0.1, 0.15) is 0 Å². The van der Waals surface area contributed by atoms with Crippen LogP contribution in [0.4, 0.5) is 11.4 Å². The van der Waals surface area contributed by atoms with Crippen LogP contribution in [0.5, 0.6) is 0 Å². The van der Waals surface area contributed by atoms with Crippen molar-refractivity contribution in [1.82, 2.24) is 5.32 Å². The van der Waals surface area contributed by atoms with Crippen molar-refractivity contribution in [3.8, 4) is 0 Å². The van der Waals surface area contributed by atoms with Crippen LogP contribution < -0.4 is 16.0 Å². The van der Waals surface area contributed by atoms with E-state index in [0.717, 1.165) is 11.4 Å². The van der Waals surface area contributed by atoms with Crippen molar-refractivity contribution in [3.05, 3.63) is 59.7 Å². The number of fused-ring (bicyclic) bond motifs is 1. The maximum absolute atomic E-state index is 12.5. The Bertz CT molecular complexity index is 784. The van der Waals surface area contributed by atoms with Gasteiger partial charge in [0.25, 0.3) is 0 Å². The minimum absolute atomic E-state index is 0.00172. The monoisotopic (exact) mass is 351 g/mol. The van der Waals surface area contributed by atoms with Gasteiger partial charge in [-0.15, -0.1) is 0 Å². The van der Waals surface area contributed by atoms with E-state index in [-0.39, 0.29) is 17.9 Å². The first-order chi connectivity index (χ1) is 12.5. The van der Waals surface area contributed by atoms with E-state index in [0.29, 0.717) is 25.3 Å². The zero-order chi connectivity index (χ0) is 18.5. The zero-order valence-electron chi connectivity index (χ0n) is 15.2. The number of carbonyl (C=O) groups is 2. The molecule has 1 aliphatic heterocycles. The molecule has 3 N–H and O–H groups in total. The molecule has 1 atom stereocenters. The molecule has 0 bridgehead atoms. The molecule has 0 saturated heterocycles. The number of amides is 2. The molecule has 3 rings (SSSR count). The smallest absolute Gasteiger partial charge is 0.241 e. The fourth-order valence-electron chi connectivity index (χ4n) is 3.09. The van der Waals surface area contributed by atoms with Crippen LogP contribution in [0, 0.1) is 5.92 Å². The Morgan fingerprint density at radius 2 is 1.62 bits per heavy atom. The summed E-state index contributed by atoms with van der Waals surface area (Å²) in [5, 5.41) is 9.09. The third kappa shape index (κ3) is 4.70. The molecule has 5 heteroatoms. The second-order valence-corrected chi connectivity index (χ2v) is 7.12. The predicted octanol–water partition coefficient (Wildman–Crippen LogP) is 3.32. The number of nitrogens with one attached hydrogen (secondary N) is 3. The molecule has 0 fully saturated rings. The van der Waals surface area contributed by atoms with Gasteiger partial charge in [0.05, 0.1) is 6.04 Å². The lowest BCUT2D eigenvalue weighted by Gasteiger charge is -2.25. The first-order valence-corrected chi connectivity index (χ1v) is 9.02. The third-order valence-electron chi connectivity index (χ3n) is 4.43. The molecule has 5 nitrogen and oxygen atoms in total. The molecule has 2 aromatic carbocycles. The van der Waals surface area contributed by atoms with Gasteiger partial charge in [-0.1, -0.05) is 38.1 Å². The highest BCUT2D eigenvalue weighted by Gasteiger charge is 2.23. The summed E-state index contributed by atoms with van der Waals surface area (Å²) >= 11 is 0. The van der Waals surface area contributed by atoms with Crippen LogP contribution in [0.15, 0.2) is 48.5 Å². The number of anilines is 2. The summed E-state index contributed by atoms with van der Waals surface area (Å²) in [6.45, 7) is 4.72. The normalized spacial score (nSPS) is 16.0. The fourth-order valence-corrected chi connectivity index (χ4v) is 3.09. The van der Waals surface area contributed by atoms with E-state index in [1.54, 1.807) is 24.3 Å². The SMILES string of the molecule is CC(C)CC(=O)Nc1ccc(NC(=O)C2Cc3ccccc3CN2)cc1. The predicted molar refractivity (Wildman–Crippen MR) is 104 cm³/mol. The molecular weight excluding hydrogens is 326 g/mol. The molecule has 136 valence electrons. The molecule has 1 aliphatic rings. The van der Waals surface area contributed by atoms with Gasteiger partial charge in [-0.3, -0.25) is 9.59 Å². The van der Waals surface area contributed by atoms with Gasteiger partial charge < -0.3 is 16.0 Å². The van der Waals surface area contributed by atoms with Crippen molar-refractivity contribution in [2.24, 2.45) is 5.92 Å². The molecule has 2 amide bonds. The Morgan fingerprint density at radius 1 is 1.00 bits per heavy atom. The Kier molecular flexibility index (Phi) is 5.68. The molecule has 0 saturated carbocycles. The largest absolute Gasteiger partial charge is 0.326 e. The Balaban J connectivity index is 1.56. The number of hydrogen-bond donors (Lipinski definition) is 3. The standard InChI is InChI=1S/C21H25N3O2/c1-14(2)11-20(25)23-17-7-9-18(10-8-17)24-21(26)19-12-15-5-3-4-6-16(15)13-22-19/h3-10,14,19,22H,11-13H2,1-2H3,(H,23,25)(H,24,26). The molecule has 1 unspecified atom stereocenters. The average molecular weight is 351 g/mol. The van der Waals surface area contributed by atoms with Gasteiger partial charge in [0, 0.05) is 24.3 Å². The first kappa shape index (κ1) is 18.1. The number of rotatable bonds is 5. The Hall–Kier alpha value is -2.66. The van der Waals surface area contributed by atoms with Crippen molar-refractivity contribution in [2.75, 3.05) is 10.6 Å². The van der Waals surface area contributed by atoms with E-state index in [9.17, 15) is 9.59 Å².